The second-order valence-electron chi connectivity index (χ2n) is 9.27. The Kier molecular flexibility index (Phi) is 4.94. The molecule has 1 amide bonds. The molecule has 0 fully saturated rings. The van der Waals surface area contributed by atoms with Crippen molar-refractivity contribution in [1.29, 1.82) is 0 Å². The maximum atomic E-state index is 13.8. The number of phenolic OH excluding ortho intramolecular Hbond substituents is 1. The zero-order chi connectivity index (χ0) is 25.9. The van der Waals surface area contributed by atoms with Gasteiger partial charge in [-0.3, -0.25) is 4.79 Å². The molecule has 184 valence electrons. The van der Waals surface area contributed by atoms with Crippen molar-refractivity contribution in [2.75, 3.05) is 11.1 Å². The average molecular weight is 496 g/mol. The number of fused-ring (bicyclic) bond motifs is 2. The number of imidazole rings is 1. The van der Waals surface area contributed by atoms with E-state index in [9.17, 15) is 14.3 Å². The number of rotatable bonds is 4. The Hall–Kier alpha value is -4.86. The zero-order valence-electron chi connectivity index (χ0n) is 20.0. The van der Waals surface area contributed by atoms with Crippen molar-refractivity contribution in [2.24, 2.45) is 0 Å². The fourth-order valence-corrected chi connectivity index (χ4v) is 4.78. The molecule has 1 atom stereocenters. The van der Waals surface area contributed by atoms with E-state index in [1.165, 1.54) is 12.1 Å². The first-order chi connectivity index (χ1) is 17.7. The van der Waals surface area contributed by atoms with Gasteiger partial charge >= 0.3 is 0 Å². The number of amides is 1. The van der Waals surface area contributed by atoms with Crippen LogP contribution in [0.3, 0.4) is 0 Å². The summed E-state index contributed by atoms with van der Waals surface area (Å²) in [6.07, 6.45) is 5.50. The van der Waals surface area contributed by atoms with Gasteiger partial charge in [-0.15, -0.1) is 0 Å². The van der Waals surface area contributed by atoms with Crippen LogP contribution in [0.15, 0.2) is 61.1 Å². The number of benzene rings is 2. The molecular formula is C27H22FN7O2. The van der Waals surface area contributed by atoms with Crippen LogP contribution in [0.25, 0.3) is 17.2 Å². The van der Waals surface area contributed by atoms with E-state index in [0.717, 1.165) is 5.56 Å². The van der Waals surface area contributed by atoms with Gasteiger partial charge in [0.2, 0.25) is 5.91 Å². The number of hydrogen-bond donors (Lipinski definition) is 3. The van der Waals surface area contributed by atoms with E-state index >= 15 is 0 Å². The quantitative estimate of drug-likeness (QED) is 0.346. The summed E-state index contributed by atoms with van der Waals surface area (Å²) < 4.78 is 15.6. The van der Waals surface area contributed by atoms with Crippen molar-refractivity contribution >= 4 is 23.2 Å². The number of carbonyl (C=O) groups is 1. The van der Waals surface area contributed by atoms with Crippen molar-refractivity contribution in [2.45, 2.75) is 25.7 Å². The lowest BCUT2D eigenvalue weighted by atomic mass is 9.77. The molecule has 0 spiro atoms. The highest BCUT2D eigenvalue weighted by atomic mass is 19.1. The Labute approximate surface area is 210 Å². The predicted molar refractivity (Wildman–Crippen MR) is 136 cm³/mol. The molecule has 0 radical (unpaired) electrons. The third kappa shape index (κ3) is 3.56. The first-order valence-corrected chi connectivity index (χ1v) is 11.6. The molecule has 0 bridgehead atoms. The normalized spacial score (nSPS) is 16.7. The summed E-state index contributed by atoms with van der Waals surface area (Å²) in [5, 5.41) is 13.1. The molecule has 0 unspecified atom stereocenters. The van der Waals surface area contributed by atoms with Crippen LogP contribution >= 0.6 is 0 Å². The van der Waals surface area contributed by atoms with Gasteiger partial charge in [0.05, 0.1) is 11.3 Å². The topological polar surface area (TPSA) is 131 Å². The monoisotopic (exact) mass is 495 g/mol. The largest absolute Gasteiger partial charge is 0.508 e. The van der Waals surface area contributed by atoms with Crippen LogP contribution in [0.4, 0.5) is 16.0 Å². The Balaban J connectivity index is 1.46. The Morgan fingerprint density at radius 3 is 2.78 bits per heavy atom. The van der Waals surface area contributed by atoms with Gasteiger partial charge in [-0.2, -0.15) is 0 Å². The zero-order valence-corrected chi connectivity index (χ0v) is 20.0. The Morgan fingerprint density at radius 1 is 1.16 bits per heavy atom. The van der Waals surface area contributed by atoms with Crippen molar-refractivity contribution in [1.82, 2.24) is 24.3 Å². The average Bonchev–Trinajstić information content (AvgIpc) is 3.44. The van der Waals surface area contributed by atoms with Gasteiger partial charge in [0, 0.05) is 25.0 Å². The molecule has 1 aliphatic rings. The maximum Gasteiger partial charge on any atom is 0.240 e. The fourth-order valence-electron chi connectivity index (χ4n) is 4.78. The number of nitrogens with two attached hydrogens (primary N) is 1. The van der Waals surface area contributed by atoms with Gasteiger partial charge in [-0.25, -0.2) is 24.3 Å². The summed E-state index contributed by atoms with van der Waals surface area (Å²) in [7, 11) is 0. The van der Waals surface area contributed by atoms with Crippen LogP contribution in [-0.2, 0) is 16.6 Å². The molecule has 9 nitrogen and oxygen atoms in total. The highest BCUT2D eigenvalue weighted by Gasteiger charge is 2.47. The van der Waals surface area contributed by atoms with E-state index in [4.69, 9.17) is 10.7 Å². The number of anilines is 2. The first-order valence-electron chi connectivity index (χ1n) is 11.6. The van der Waals surface area contributed by atoms with Crippen molar-refractivity contribution in [3.8, 4) is 17.3 Å². The molecule has 2 aromatic carbocycles. The molecule has 0 saturated heterocycles. The fraction of sp³-hybridized carbons (Fsp3) is 0.148. The molecule has 10 heteroatoms. The lowest BCUT2D eigenvalue weighted by Crippen LogP contribution is -2.33. The number of hydrogen-bond acceptors (Lipinski definition) is 7. The summed E-state index contributed by atoms with van der Waals surface area (Å²) in [6.45, 7) is 3.51. The molecule has 4 N–H and O–H groups in total. The van der Waals surface area contributed by atoms with Crippen molar-refractivity contribution in [3.63, 3.8) is 0 Å². The molecule has 1 aliphatic heterocycles. The number of nitrogens with zero attached hydrogens (tertiary/aromatic N) is 5. The Morgan fingerprint density at radius 2 is 2.00 bits per heavy atom. The van der Waals surface area contributed by atoms with Crippen LogP contribution in [0, 0.1) is 12.7 Å². The van der Waals surface area contributed by atoms with Crippen LogP contribution < -0.4 is 11.1 Å². The van der Waals surface area contributed by atoms with Gasteiger partial charge in [0.1, 0.15) is 34.3 Å². The van der Waals surface area contributed by atoms with Crippen LogP contribution in [0.2, 0.25) is 0 Å². The second kappa shape index (κ2) is 8.09. The van der Waals surface area contributed by atoms with E-state index in [-0.39, 0.29) is 34.9 Å². The van der Waals surface area contributed by atoms with E-state index in [0.29, 0.717) is 40.1 Å². The van der Waals surface area contributed by atoms with E-state index < -0.39 is 5.41 Å². The summed E-state index contributed by atoms with van der Waals surface area (Å²) in [5.74, 6) is 0.0648. The molecule has 5 aromatic rings. The lowest BCUT2D eigenvalue weighted by molar-refractivity contribution is -0.119. The van der Waals surface area contributed by atoms with Crippen molar-refractivity contribution in [3.05, 3.63) is 94.8 Å². The van der Waals surface area contributed by atoms with Gasteiger partial charge < -0.3 is 20.6 Å². The number of nitrogen functional groups attached to an aromatic ring is 1. The number of aromatic hydroxyl groups is 1. The SMILES string of the molecule is Cc1ccc([C@]2(C)C(=O)Nc3nc(-c4cn5ccnc5c(Cc5cccc(F)c5)n4)nc(N)c32)cc1O. The summed E-state index contributed by atoms with van der Waals surface area (Å²) in [4.78, 5) is 31.5. The van der Waals surface area contributed by atoms with Crippen molar-refractivity contribution < 1.29 is 14.3 Å². The smallest absolute Gasteiger partial charge is 0.240 e. The standard InChI is InChI=1S/C27H22FN7O2/c1-14-6-7-16(12-20(14)36)27(2)21-22(29)32-23(33-24(21)34-26(27)37)19-13-35-9-8-30-25(35)18(31-19)11-15-4-3-5-17(28)10-15/h3-10,12-13,36H,11H2,1-2H3,(H3,29,32,33,34,37)/t27-/m0/s1. The number of carbonyl (C=O) groups excluding carboxylic acids is 1. The van der Waals surface area contributed by atoms with Gasteiger partial charge in [-0.1, -0.05) is 24.3 Å². The minimum atomic E-state index is -1.19. The van der Waals surface area contributed by atoms with E-state index in [2.05, 4.69) is 20.3 Å². The molecule has 6 rings (SSSR count). The predicted octanol–water partition coefficient (Wildman–Crippen LogP) is 3.77. The molecule has 3 aromatic heterocycles. The van der Waals surface area contributed by atoms with Crippen LogP contribution in [-0.4, -0.2) is 35.4 Å². The molecule has 0 aliphatic carbocycles. The van der Waals surface area contributed by atoms with Gasteiger partial charge in [0.25, 0.3) is 0 Å². The summed E-state index contributed by atoms with van der Waals surface area (Å²) in [6, 6.07) is 11.4. The third-order valence-corrected chi connectivity index (χ3v) is 6.84. The number of phenols is 1. The molecule has 4 heterocycles. The van der Waals surface area contributed by atoms with Gasteiger partial charge in [-0.05, 0) is 48.7 Å². The van der Waals surface area contributed by atoms with Crippen LogP contribution in [0.5, 0.6) is 5.75 Å². The minimum Gasteiger partial charge on any atom is -0.508 e. The third-order valence-electron chi connectivity index (χ3n) is 6.84. The number of nitrogens with one attached hydrogen (secondary N) is 1. The second-order valence-corrected chi connectivity index (χ2v) is 9.27. The lowest BCUT2D eigenvalue weighted by Gasteiger charge is -2.24. The number of halogens is 1. The minimum absolute atomic E-state index is 0.0831. The highest BCUT2D eigenvalue weighted by molar-refractivity contribution is 6.09. The Bertz CT molecular complexity index is 1730. The van der Waals surface area contributed by atoms with E-state index in [1.54, 1.807) is 61.1 Å². The molecule has 37 heavy (non-hydrogen) atoms. The highest BCUT2D eigenvalue weighted by Crippen LogP contribution is 2.45. The number of aryl methyl sites for hydroxylation is 1. The summed E-state index contributed by atoms with van der Waals surface area (Å²) >= 11 is 0. The first kappa shape index (κ1) is 22.6. The van der Waals surface area contributed by atoms with Crippen LogP contribution in [0.1, 0.15) is 34.9 Å². The molecular weight excluding hydrogens is 473 g/mol. The number of aromatic nitrogens is 5. The van der Waals surface area contributed by atoms with Gasteiger partial charge in [0.15, 0.2) is 11.5 Å². The maximum absolute atomic E-state index is 13.8. The molecule has 0 saturated carbocycles. The van der Waals surface area contributed by atoms with E-state index in [1.807, 2.05) is 6.07 Å². The summed E-state index contributed by atoms with van der Waals surface area (Å²) in [5.41, 5.74) is 9.35.